The highest BCUT2D eigenvalue weighted by Gasteiger charge is 2.31. The van der Waals surface area contributed by atoms with E-state index in [2.05, 4.69) is 5.32 Å². The average molecular weight is 602 g/mol. The summed E-state index contributed by atoms with van der Waals surface area (Å²) in [5.74, 6) is -1.30. The summed E-state index contributed by atoms with van der Waals surface area (Å²) < 4.78 is 40.4. The van der Waals surface area contributed by atoms with Crippen molar-refractivity contribution in [2.24, 2.45) is 0 Å². The molecule has 0 aliphatic carbocycles. The van der Waals surface area contributed by atoms with Gasteiger partial charge in [0, 0.05) is 37.0 Å². The van der Waals surface area contributed by atoms with Gasteiger partial charge in [0.05, 0.1) is 11.9 Å². The molecule has 0 aliphatic rings. The van der Waals surface area contributed by atoms with Gasteiger partial charge in [-0.2, -0.15) is 0 Å². The monoisotopic (exact) mass is 601 g/mol. The van der Waals surface area contributed by atoms with Gasteiger partial charge in [0.25, 0.3) is 0 Å². The molecule has 0 spiro atoms. The lowest BCUT2D eigenvalue weighted by atomic mass is 10.0. The van der Waals surface area contributed by atoms with Crippen LogP contribution in [-0.2, 0) is 32.6 Å². The molecule has 1 N–H and O–H groups in total. The van der Waals surface area contributed by atoms with Crippen LogP contribution in [0.4, 0.5) is 10.1 Å². The number of nitrogens with one attached hydrogen (secondary N) is 1. The van der Waals surface area contributed by atoms with Crippen molar-refractivity contribution in [3.8, 4) is 0 Å². The standard InChI is InChI=1S/C31H37ClFN3O4S/c1-4-23(2)34-31(38)29(21-24-13-6-5-7-14-24)35(22-25-15-8-9-16-26(25)32)30(37)19-12-20-36(41(3,39)40)28-18-11-10-17-27(28)33/h5-11,13-18,23,29H,4,12,19-22H2,1-3H3,(H,34,38)/t23-,29+/m0/s1. The van der Waals surface area contributed by atoms with Gasteiger partial charge >= 0.3 is 0 Å². The molecule has 0 aromatic heterocycles. The van der Waals surface area contributed by atoms with Crippen molar-refractivity contribution in [2.45, 2.75) is 58.2 Å². The average Bonchev–Trinajstić information content (AvgIpc) is 2.94. The maximum absolute atomic E-state index is 14.5. The summed E-state index contributed by atoms with van der Waals surface area (Å²) in [6.45, 7) is 3.86. The van der Waals surface area contributed by atoms with Gasteiger partial charge < -0.3 is 10.2 Å². The smallest absolute Gasteiger partial charge is 0.243 e. The quantitative estimate of drug-likeness (QED) is 0.261. The Labute approximate surface area is 247 Å². The third-order valence-electron chi connectivity index (χ3n) is 6.84. The number of para-hydroxylation sites is 1. The highest BCUT2D eigenvalue weighted by atomic mass is 35.5. The van der Waals surface area contributed by atoms with Crippen LogP contribution in [0.1, 0.15) is 44.2 Å². The number of sulfonamides is 1. The second kappa shape index (κ2) is 15.0. The minimum Gasteiger partial charge on any atom is -0.352 e. The Kier molecular flexibility index (Phi) is 11.7. The highest BCUT2D eigenvalue weighted by Crippen LogP contribution is 2.24. The Hall–Kier alpha value is -3.43. The van der Waals surface area contributed by atoms with E-state index in [9.17, 15) is 22.4 Å². The largest absolute Gasteiger partial charge is 0.352 e. The molecule has 2 atom stereocenters. The van der Waals surface area contributed by atoms with E-state index in [0.29, 0.717) is 10.6 Å². The third-order valence-corrected chi connectivity index (χ3v) is 8.39. The van der Waals surface area contributed by atoms with Gasteiger partial charge in [-0.3, -0.25) is 13.9 Å². The zero-order chi connectivity index (χ0) is 30.0. The minimum atomic E-state index is -3.81. The fourth-order valence-corrected chi connectivity index (χ4v) is 5.60. The lowest BCUT2D eigenvalue weighted by molar-refractivity contribution is -0.141. The summed E-state index contributed by atoms with van der Waals surface area (Å²) >= 11 is 6.46. The third kappa shape index (κ3) is 9.30. The van der Waals surface area contributed by atoms with Gasteiger partial charge in [0.15, 0.2) is 0 Å². The van der Waals surface area contributed by atoms with Crippen molar-refractivity contribution in [2.75, 3.05) is 17.1 Å². The van der Waals surface area contributed by atoms with Crippen LogP contribution in [0.25, 0.3) is 0 Å². The Morgan fingerprint density at radius 3 is 2.24 bits per heavy atom. The minimum absolute atomic E-state index is 0.0627. The van der Waals surface area contributed by atoms with E-state index in [1.54, 1.807) is 24.3 Å². The highest BCUT2D eigenvalue weighted by molar-refractivity contribution is 7.92. The SMILES string of the molecule is CC[C@H](C)NC(=O)[C@@H](Cc1ccccc1)N(Cc1ccccc1Cl)C(=O)CCCN(c1ccccc1F)S(C)(=O)=O. The molecule has 3 aromatic carbocycles. The van der Waals surface area contributed by atoms with Gasteiger partial charge in [-0.25, -0.2) is 12.8 Å². The molecule has 3 aromatic rings. The number of rotatable bonds is 14. The zero-order valence-electron chi connectivity index (χ0n) is 23.6. The molecule has 7 nitrogen and oxygen atoms in total. The number of hydrogen-bond donors (Lipinski definition) is 1. The molecule has 41 heavy (non-hydrogen) atoms. The van der Waals surface area contributed by atoms with E-state index in [-0.39, 0.29) is 55.9 Å². The van der Waals surface area contributed by atoms with Crippen LogP contribution < -0.4 is 9.62 Å². The number of anilines is 1. The van der Waals surface area contributed by atoms with E-state index >= 15 is 0 Å². The summed E-state index contributed by atoms with van der Waals surface area (Å²) in [7, 11) is -3.81. The number of hydrogen-bond acceptors (Lipinski definition) is 4. The molecule has 0 bridgehead atoms. The number of halogens is 2. The van der Waals surface area contributed by atoms with Gasteiger partial charge in [0.1, 0.15) is 11.9 Å². The molecule has 0 saturated heterocycles. The zero-order valence-corrected chi connectivity index (χ0v) is 25.2. The van der Waals surface area contributed by atoms with E-state index in [0.717, 1.165) is 22.5 Å². The van der Waals surface area contributed by atoms with Crippen LogP contribution in [0.3, 0.4) is 0 Å². The van der Waals surface area contributed by atoms with Crippen molar-refractivity contribution < 1.29 is 22.4 Å². The van der Waals surface area contributed by atoms with Crippen LogP contribution in [0.5, 0.6) is 0 Å². The van der Waals surface area contributed by atoms with E-state index in [4.69, 9.17) is 11.6 Å². The molecular weight excluding hydrogens is 565 g/mol. The Bertz CT molecular complexity index is 1420. The van der Waals surface area contributed by atoms with E-state index < -0.39 is 21.9 Å². The number of benzene rings is 3. The van der Waals surface area contributed by atoms with Crippen LogP contribution >= 0.6 is 11.6 Å². The molecule has 3 rings (SSSR count). The molecule has 0 unspecified atom stereocenters. The van der Waals surface area contributed by atoms with Crippen molar-refractivity contribution in [3.63, 3.8) is 0 Å². The molecule has 0 heterocycles. The Balaban J connectivity index is 1.91. The van der Waals surface area contributed by atoms with Crippen molar-refractivity contribution in [3.05, 3.63) is 101 Å². The van der Waals surface area contributed by atoms with Gasteiger partial charge in [-0.15, -0.1) is 0 Å². The van der Waals surface area contributed by atoms with Crippen LogP contribution in [0.2, 0.25) is 5.02 Å². The maximum atomic E-state index is 14.5. The van der Waals surface area contributed by atoms with Crippen molar-refractivity contribution in [1.29, 1.82) is 0 Å². The first-order chi connectivity index (χ1) is 19.5. The second-order valence-corrected chi connectivity index (χ2v) is 12.3. The van der Waals surface area contributed by atoms with Crippen molar-refractivity contribution in [1.82, 2.24) is 10.2 Å². The normalized spacial score (nSPS) is 12.8. The number of carbonyl (C=O) groups excluding carboxylic acids is 2. The molecular formula is C31H37ClFN3O4S. The predicted molar refractivity (Wildman–Crippen MR) is 162 cm³/mol. The summed E-state index contributed by atoms with van der Waals surface area (Å²) in [6.07, 6.45) is 2.06. The summed E-state index contributed by atoms with van der Waals surface area (Å²) in [5, 5.41) is 3.48. The molecule has 10 heteroatoms. The summed E-state index contributed by atoms with van der Waals surface area (Å²) in [6, 6.07) is 21.2. The number of nitrogens with zero attached hydrogens (tertiary/aromatic N) is 2. The first kappa shape index (κ1) is 32.1. The number of amides is 2. The maximum Gasteiger partial charge on any atom is 0.243 e. The topological polar surface area (TPSA) is 86.8 Å². The molecule has 0 aliphatic heterocycles. The van der Waals surface area contributed by atoms with Gasteiger partial charge in [-0.1, -0.05) is 79.2 Å². The summed E-state index contributed by atoms with van der Waals surface area (Å²) in [5.41, 5.74) is 1.49. The van der Waals surface area contributed by atoms with Gasteiger partial charge in [-0.05, 0) is 49.1 Å². The molecule has 220 valence electrons. The van der Waals surface area contributed by atoms with E-state index in [1.807, 2.05) is 50.2 Å². The first-order valence-corrected chi connectivity index (χ1v) is 15.8. The van der Waals surface area contributed by atoms with Crippen LogP contribution in [0, 0.1) is 5.82 Å². The Morgan fingerprint density at radius 1 is 0.976 bits per heavy atom. The molecule has 2 amide bonds. The fraction of sp³-hybridized carbons (Fsp3) is 0.355. The summed E-state index contributed by atoms with van der Waals surface area (Å²) in [4.78, 5) is 29.0. The molecule has 0 radical (unpaired) electrons. The predicted octanol–water partition coefficient (Wildman–Crippen LogP) is 5.58. The fourth-order valence-electron chi connectivity index (χ4n) is 4.44. The van der Waals surface area contributed by atoms with Crippen LogP contribution in [-0.4, -0.2) is 50.0 Å². The van der Waals surface area contributed by atoms with Crippen LogP contribution in [0.15, 0.2) is 78.9 Å². The second-order valence-electron chi connectivity index (χ2n) is 10.0. The molecule has 0 saturated carbocycles. The number of carbonyl (C=O) groups is 2. The van der Waals surface area contributed by atoms with Gasteiger partial charge in [0.2, 0.25) is 21.8 Å². The Morgan fingerprint density at radius 2 is 1.61 bits per heavy atom. The lowest BCUT2D eigenvalue weighted by Gasteiger charge is -2.33. The van der Waals surface area contributed by atoms with Crippen molar-refractivity contribution >= 4 is 39.1 Å². The molecule has 0 fully saturated rings. The van der Waals surface area contributed by atoms with E-state index in [1.165, 1.54) is 23.1 Å². The first-order valence-electron chi connectivity index (χ1n) is 13.6. The lowest BCUT2D eigenvalue weighted by Crippen LogP contribution is -2.52.